The first-order valence-electron chi connectivity index (χ1n) is 9.47. The Balaban J connectivity index is 0.00000420. The highest BCUT2D eigenvalue weighted by atomic mass is 127. The topological polar surface area (TPSA) is 83.8 Å². The quantitative estimate of drug-likeness (QED) is 0.305. The summed E-state index contributed by atoms with van der Waals surface area (Å²) in [4.78, 5) is 18.3. The van der Waals surface area contributed by atoms with E-state index in [2.05, 4.69) is 20.6 Å². The number of hydrogen-bond acceptors (Lipinski definition) is 4. The van der Waals surface area contributed by atoms with Crippen LogP contribution in [0.4, 0.5) is 0 Å². The standard InChI is InChI=1S/C20H30N6O2.HI/c1-5-21-19(27)15-28-18-9-7-8-16(10-18)11-23-20(22-6-2)25(3)13-17-12-24-26(4)14-17;/h7-10,12,14H,5-6,11,13,15H2,1-4H3,(H,21,27)(H,22,23);1H. The van der Waals surface area contributed by atoms with Gasteiger partial charge in [0.1, 0.15) is 5.75 Å². The predicted molar refractivity (Wildman–Crippen MR) is 126 cm³/mol. The highest BCUT2D eigenvalue weighted by molar-refractivity contribution is 14.0. The van der Waals surface area contributed by atoms with Crippen molar-refractivity contribution < 1.29 is 9.53 Å². The molecule has 2 aromatic rings. The Labute approximate surface area is 189 Å². The van der Waals surface area contributed by atoms with Crippen LogP contribution in [0, 0.1) is 0 Å². The minimum atomic E-state index is -0.127. The van der Waals surface area contributed by atoms with E-state index in [4.69, 9.17) is 9.73 Å². The summed E-state index contributed by atoms with van der Waals surface area (Å²) in [7, 11) is 3.91. The maximum absolute atomic E-state index is 11.5. The second kappa shape index (κ2) is 13.0. The number of rotatable bonds is 9. The van der Waals surface area contributed by atoms with Gasteiger partial charge in [0, 0.05) is 45.5 Å². The number of hydrogen-bond donors (Lipinski definition) is 2. The lowest BCUT2D eigenvalue weighted by Crippen LogP contribution is -2.38. The molecule has 1 amide bonds. The number of nitrogens with one attached hydrogen (secondary N) is 2. The number of benzene rings is 1. The molecule has 1 aromatic heterocycles. The number of ether oxygens (including phenoxy) is 1. The predicted octanol–water partition coefficient (Wildman–Crippen LogP) is 2.15. The SMILES string of the molecule is CCNC(=O)COc1cccc(CN=C(NCC)N(C)Cc2cnn(C)c2)c1.I. The Morgan fingerprint density at radius 2 is 2.00 bits per heavy atom. The van der Waals surface area contributed by atoms with Gasteiger partial charge >= 0.3 is 0 Å². The first-order valence-corrected chi connectivity index (χ1v) is 9.47. The molecule has 0 aliphatic carbocycles. The van der Waals surface area contributed by atoms with Crippen LogP contribution in [-0.4, -0.2) is 53.3 Å². The van der Waals surface area contributed by atoms with Crippen LogP contribution in [0.15, 0.2) is 41.7 Å². The normalized spacial score (nSPS) is 10.8. The monoisotopic (exact) mass is 514 g/mol. The first kappa shape index (κ1) is 24.7. The molecule has 8 nitrogen and oxygen atoms in total. The molecule has 1 aromatic carbocycles. The summed E-state index contributed by atoms with van der Waals surface area (Å²) in [5, 5.41) is 10.2. The van der Waals surface area contributed by atoms with Crippen molar-refractivity contribution in [1.29, 1.82) is 0 Å². The lowest BCUT2D eigenvalue weighted by molar-refractivity contribution is -0.122. The second-order valence-corrected chi connectivity index (χ2v) is 6.44. The summed E-state index contributed by atoms with van der Waals surface area (Å²) in [5.74, 6) is 1.35. The number of aryl methyl sites for hydroxylation is 1. The highest BCUT2D eigenvalue weighted by Crippen LogP contribution is 2.14. The number of halogens is 1. The largest absolute Gasteiger partial charge is 0.484 e. The molecule has 0 radical (unpaired) electrons. The molecule has 0 saturated heterocycles. The van der Waals surface area contributed by atoms with Crippen LogP contribution in [0.5, 0.6) is 5.75 Å². The van der Waals surface area contributed by atoms with E-state index in [1.54, 1.807) is 4.68 Å². The zero-order valence-electron chi connectivity index (χ0n) is 17.5. The molecule has 0 bridgehead atoms. The molecule has 2 N–H and O–H groups in total. The van der Waals surface area contributed by atoms with Crippen molar-refractivity contribution in [2.24, 2.45) is 12.0 Å². The number of aliphatic imine (C=N–C) groups is 1. The van der Waals surface area contributed by atoms with Crippen LogP contribution < -0.4 is 15.4 Å². The molecular weight excluding hydrogens is 483 g/mol. The number of amides is 1. The third-order valence-corrected chi connectivity index (χ3v) is 3.93. The minimum absolute atomic E-state index is 0. The molecule has 0 saturated carbocycles. The van der Waals surface area contributed by atoms with Gasteiger partial charge in [0.25, 0.3) is 5.91 Å². The molecule has 0 unspecified atom stereocenters. The van der Waals surface area contributed by atoms with Crippen molar-refractivity contribution in [3.63, 3.8) is 0 Å². The van der Waals surface area contributed by atoms with E-state index in [9.17, 15) is 4.79 Å². The minimum Gasteiger partial charge on any atom is -0.484 e. The summed E-state index contributed by atoms with van der Waals surface area (Å²) in [6.07, 6.45) is 3.85. The zero-order valence-corrected chi connectivity index (χ0v) is 19.8. The van der Waals surface area contributed by atoms with E-state index in [1.165, 1.54) is 0 Å². The van der Waals surface area contributed by atoms with Gasteiger partial charge < -0.3 is 20.3 Å². The maximum atomic E-state index is 11.5. The van der Waals surface area contributed by atoms with Gasteiger partial charge in [-0.15, -0.1) is 24.0 Å². The van der Waals surface area contributed by atoms with Gasteiger partial charge in [0.2, 0.25) is 0 Å². The molecule has 0 atom stereocenters. The van der Waals surface area contributed by atoms with Gasteiger partial charge in [0.15, 0.2) is 12.6 Å². The average Bonchev–Trinajstić information content (AvgIpc) is 3.08. The molecule has 9 heteroatoms. The fourth-order valence-electron chi connectivity index (χ4n) is 2.67. The smallest absolute Gasteiger partial charge is 0.257 e. The van der Waals surface area contributed by atoms with Crippen molar-refractivity contribution in [2.75, 3.05) is 26.7 Å². The average molecular weight is 514 g/mol. The molecule has 0 spiro atoms. The van der Waals surface area contributed by atoms with Gasteiger partial charge in [0.05, 0.1) is 12.7 Å². The summed E-state index contributed by atoms with van der Waals surface area (Å²) < 4.78 is 7.34. The van der Waals surface area contributed by atoms with Crippen molar-refractivity contribution in [3.8, 4) is 5.75 Å². The van der Waals surface area contributed by atoms with E-state index >= 15 is 0 Å². The van der Waals surface area contributed by atoms with Gasteiger partial charge in [-0.2, -0.15) is 5.10 Å². The fourth-order valence-corrected chi connectivity index (χ4v) is 2.67. The Bertz CT molecular complexity index is 793. The van der Waals surface area contributed by atoms with Crippen molar-refractivity contribution in [1.82, 2.24) is 25.3 Å². The number of aromatic nitrogens is 2. The number of carbonyl (C=O) groups excluding carboxylic acids is 1. The van der Waals surface area contributed by atoms with Gasteiger partial charge in [-0.3, -0.25) is 9.48 Å². The van der Waals surface area contributed by atoms with Crippen LogP contribution in [0.1, 0.15) is 25.0 Å². The Morgan fingerprint density at radius 3 is 2.66 bits per heavy atom. The van der Waals surface area contributed by atoms with Crippen LogP contribution in [0.25, 0.3) is 0 Å². The third kappa shape index (κ3) is 8.71. The summed E-state index contributed by atoms with van der Waals surface area (Å²) in [6.45, 7) is 6.54. The van der Waals surface area contributed by atoms with E-state index in [-0.39, 0.29) is 36.5 Å². The number of guanidine groups is 1. The second-order valence-electron chi connectivity index (χ2n) is 6.44. The molecular formula is C20H31IN6O2. The van der Waals surface area contributed by atoms with Crippen LogP contribution in [0.2, 0.25) is 0 Å². The van der Waals surface area contributed by atoms with Gasteiger partial charge in [-0.1, -0.05) is 12.1 Å². The Hall–Kier alpha value is -2.30. The number of carbonyl (C=O) groups is 1. The van der Waals surface area contributed by atoms with Crippen LogP contribution in [-0.2, 0) is 24.9 Å². The number of nitrogens with zero attached hydrogens (tertiary/aromatic N) is 4. The van der Waals surface area contributed by atoms with E-state index in [0.717, 1.165) is 30.2 Å². The summed E-state index contributed by atoms with van der Waals surface area (Å²) >= 11 is 0. The van der Waals surface area contributed by atoms with E-state index in [0.29, 0.717) is 18.8 Å². The van der Waals surface area contributed by atoms with Crippen molar-refractivity contribution in [3.05, 3.63) is 47.8 Å². The molecule has 160 valence electrons. The van der Waals surface area contributed by atoms with Crippen molar-refractivity contribution in [2.45, 2.75) is 26.9 Å². The highest BCUT2D eigenvalue weighted by Gasteiger charge is 2.08. The van der Waals surface area contributed by atoms with E-state index < -0.39 is 0 Å². The van der Waals surface area contributed by atoms with E-state index in [1.807, 2.05) is 64.6 Å². The number of likely N-dealkylation sites (N-methyl/N-ethyl adjacent to an activating group) is 1. The molecule has 29 heavy (non-hydrogen) atoms. The summed E-state index contributed by atoms with van der Waals surface area (Å²) in [5.41, 5.74) is 2.13. The fraction of sp³-hybridized carbons (Fsp3) is 0.450. The molecule has 2 rings (SSSR count). The van der Waals surface area contributed by atoms with Crippen LogP contribution in [0.3, 0.4) is 0 Å². The van der Waals surface area contributed by atoms with Gasteiger partial charge in [-0.05, 0) is 31.5 Å². The first-order chi connectivity index (χ1) is 13.5. The van der Waals surface area contributed by atoms with Crippen LogP contribution >= 0.6 is 24.0 Å². The lowest BCUT2D eigenvalue weighted by Gasteiger charge is -2.21. The van der Waals surface area contributed by atoms with Crippen molar-refractivity contribution >= 4 is 35.8 Å². The molecule has 0 aliphatic heterocycles. The maximum Gasteiger partial charge on any atom is 0.257 e. The lowest BCUT2D eigenvalue weighted by atomic mass is 10.2. The summed E-state index contributed by atoms with van der Waals surface area (Å²) in [6, 6.07) is 7.65. The van der Waals surface area contributed by atoms with Gasteiger partial charge in [-0.25, -0.2) is 4.99 Å². The Morgan fingerprint density at radius 1 is 1.24 bits per heavy atom. The Kier molecular flexibility index (Phi) is 11.1. The molecule has 0 fully saturated rings. The zero-order chi connectivity index (χ0) is 20.4. The molecule has 0 aliphatic rings. The molecule has 1 heterocycles. The third-order valence-electron chi connectivity index (χ3n) is 3.93.